The van der Waals surface area contributed by atoms with Crippen LogP contribution in [0.15, 0.2) is 41.5 Å². The third-order valence-electron chi connectivity index (χ3n) is 3.09. The number of aliphatic imine (C=N–C) groups is 1. The van der Waals surface area contributed by atoms with Gasteiger partial charge in [-0.15, -0.1) is 0 Å². The van der Waals surface area contributed by atoms with E-state index in [0.717, 1.165) is 16.5 Å². The summed E-state index contributed by atoms with van der Waals surface area (Å²) < 4.78 is 36.4. The van der Waals surface area contributed by atoms with Gasteiger partial charge in [0, 0.05) is 31.7 Å². The van der Waals surface area contributed by atoms with E-state index in [1.54, 1.807) is 6.20 Å². The van der Waals surface area contributed by atoms with Crippen LogP contribution in [0.5, 0.6) is 0 Å². The molecule has 0 atom stereocenters. The Morgan fingerprint density at radius 3 is 2.68 bits per heavy atom. The van der Waals surface area contributed by atoms with Crippen molar-refractivity contribution in [3.8, 4) is 0 Å². The smallest absolute Gasteiger partial charge is 0.356 e. The molecule has 1 aromatic carbocycles. The van der Waals surface area contributed by atoms with Gasteiger partial charge in [-0.1, -0.05) is 24.3 Å². The van der Waals surface area contributed by atoms with Gasteiger partial charge in [0.1, 0.15) is 0 Å². The van der Waals surface area contributed by atoms with Crippen LogP contribution in [0.25, 0.3) is 10.9 Å². The fourth-order valence-corrected chi connectivity index (χ4v) is 2.03. The number of nitrogens with one attached hydrogen (secondary N) is 2. The van der Waals surface area contributed by atoms with E-state index in [1.807, 2.05) is 30.3 Å². The first-order valence-corrected chi connectivity index (χ1v) is 6.83. The highest BCUT2D eigenvalue weighted by molar-refractivity contribution is 5.83. The lowest BCUT2D eigenvalue weighted by molar-refractivity contribution is -0.132. The lowest BCUT2D eigenvalue weighted by Gasteiger charge is -2.13. The lowest BCUT2D eigenvalue weighted by Crippen LogP contribution is -2.38. The predicted molar refractivity (Wildman–Crippen MR) is 80.6 cm³/mol. The van der Waals surface area contributed by atoms with Crippen molar-refractivity contribution in [3.05, 3.63) is 42.1 Å². The topological polar surface area (TPSA) is 49.3 Å². The van der Waals surface area contributed by atoms with Crippen LogP contribution in [-0.4, -0.2) is 30.7 Å². The van der Waals surface area contributed by atoms with Crippen molar-refractivity contribution in [3.63, 3.8) is 0 Å². The van der Waals surface area contributed by atoms with Crippen molar-refractivity contribution in [1.29, 1.82) is 0 Å². The second-order valence-corrected chi connectivity index (χ2v) is 4.71. The van der Waals surface area contributed by atoms with Crippen molar-refractivity contribution in [2.45, 2.75) is 19.1 Å². The minimum Gasteiger partial charge on any atom is -0.356 e. The van der Waals surface area contributed by atoms with Crippen LogP contribution >= 0.6 is 0 Å². The molecule has 118 valence electrons. The van der Waals surface area contributed by atoms with Gasteiger partial charge in [-0.25, -0.2) is 0 Å². The van der Waals surface area contributed by atoms with Gasteiger partial charge in [0.25, 0.3) is 0 Å². The summed E-state index contributed by atoms with van der Waals surface area (Å²) in [4.78, 5) is 8.24. The number of hydrogen-bond acceptors (Lipinski definition) is 2. The van der Waals surface area contributed by atoms with Crippen molar-refractivity contribution in [1.82, 2.24) is 15.6 Å². The van der Waals surface area contributed by atoms with Gasteiger partial charge in [0.2, 0.25) is 0 Å². The summed E-state index contributed by atoms with van der Waals surface area (Å²) in [5.74, 6) is 0.331. The highest BCUT2D eigenvalue weighted by Gasteiger charge is 2.26. The van der Waals surface area contributed by atoms with Gasteiger partial charge in [0.15, 0.2) is 5.96 Å². The van der Waals surface area contributed by atoms with E-state index in [9.17, 15) is 13.2 Å². The summed E-state index contributed by atoms with van der Waals surface area (Å²) in [6, 6.07) is 9.62. The first-order valence-electron chi connectivity index (χ1n) is 6.83. The van der Waals surface area contributed by atoms with E-state index in [4.69, 9.17) is 0 Å². The maximum atomic E-state index is 12.1. The molecule has 4 nitrogen and oxygen atoms in total. The number of fused-ring (bicyclic) bond motifs is 1. The first-order chi connectivity index (χ1) is 10.5. The fourth-order valence-electron chi connectivity index (χ4n) is 2.03. The maximum absolute atomic E-state index is 12.1. The minimum atomic E-state index is -4.18. The Balaban J connectivity index is 1.95. The molecular weight excluding hydrogens is 293 g/mol. The van der Waals surface area contributed by atoms with Gasteiger partial charge in [-0.3, -0.25) is 9.98 Å². The molecule has 1 aromatic heterocycles. The Bertz CT molecular complexity index is 647. The number of halogens is 3. The summed E-state index contributed by atoms with van der Waals surface area (Å²) in [6.45, 7) is 0.219. The molecule has 0 radical (unpaired) electrons. The molecule has 0 aliphatic carbocycles. The quantitative estimate of drug-likeness (QED) is 0.674. The van der Waals surface area contributed by atoms with Crippen LogP contribution in [0.3, 0.4) is 0 Å². The molecule has 0 spiro atoms. The highest BCUT2D eigenvalue weighted by Crippen LogP contribution is 2.18. The monoisotopic (exact) mass is 310 g/mol. The van der Waals surface area contributed by atoms with Crippen LogP contribution in [0, 0.1) is 0 Å². The molecule has 0 aliphatic rings. The number of nitrogens with zero attached hydrogens (tertiary/aromatic N) is 2. The Hall–Kier alpha value is -2.31. The van der Waals surface area contributed by atoms with E-state index in [1.165, 1.54) is 7.05 Å². The molecule has 0 saturated carbocycles. The molecule has 0 aliphatic heterocycles. The van der Waals surface area contributed by atoms with Gasteiger partial charge in [-0.05, 0) is 11.6 Å². The highest BCUT2D eigenvalue weighted by atomic mass is 19.4. The lowest BCUT2D eigenvalue weighted by atomic mass is 10.1. The zero-order chi connectivity index (χ0) is 16.0. The number of hydrogen-bond donors (Lipinski definition) is 2. The third kappa shape index (κ3) is 4.61. The molecule has 0 unspecified atom stereocenters. The number of aromatic nitrogens is 1. The molecule has 2 rings (SSSR count). The summed E-state index contributed by atoms with van der Waals surface area (Å²) in [7, 11) is 1.52. The molecule has 2 aromatic rings. The summed E-state index contributed by atoms with van der Waals surface area (Å²) >= 11 is 0. The maximum Gasteiger partial charge on any atom is 0.390 e. The average molecular weight is 310 g/mol. The molecule has 0 saturated heterocycles. The van der Waals surface area contributed by atoms with E-state index in [2.05, 4.69) is 20.6 Å². The van der Waals surface area contributed by atoms with Crippen LogP contribution in [-0.2, 0) is 6.54 Å². The van der Waals surface area contributed by atoms with Gasteiger partial charge < -0.3 is 10.6 Å². The Labute approximate surface area is 126 Å². The largest absolute Gasteiger partial charge is 0.390 e. The molecule has 2 N–H and O–H groups in total. The fraction of sp³-hybridized carbons (Fsp3) is 0.333. The van der Waals surface area contributed by atoms with Crippen LogP contribution < -0.4 is 10.6 Å². The zero-order valence-electron chi connectivity index (χ0n) is 12.1. The Morgan fingerprint density at radius 1 is 1.18 bits per heavy atom. The molecular formula is C15H17F3N4. The van der Waals surface area contributed by atoms with Crippen molar-refractivity contribution in [2.24, 2.45) is 4.99 Å². The molecule has 22 heavy (non-hydrogen) atoms. The van der Waals surface area contributed by atoms with E-state index in [0.29, 0.717) is 12.5 Å². The van der Waals surface area contributed by atoms with Gasteiger partial charge in [0.05, 0.1) is 11.9 Å². The Kier molecular flexibility index (Phi) is 5.19. The normalized spacial score (nSPS) is 12.5. The Morgan fingerprint density at radius 2 is 1.95 bits per heavy atom. The summed E-state index contributed by atoms with van der Waals surface area (Å²) in [5.41, 5.74) is 1.82. The summed E-state index contributed by atoms with van der Waals surface area (Å²) in [6.07, 6.45) is -3.36. The number of benzene rings is 1. The van der Waals surface area contributed by atoms with Gasteiger partial charge in [-0.2, -0.15) is 13.2 Å². The van der Waals surface area contributed by atoms with Crippen molar-refractivity contribution < 1.29 is 13.2 Å². The van der Waals surface area contributed by atoms with Crippen LogP contribution in [0.1, 0.15) is 12.0 Å². The predicted octanol–water partition coefficient (Wildman–Crippen LogP) is 2.85. The van der Waals surface area contributed by atoms with Gasteiger partial charge >= 0.3 is 6.18 Å². The van der Waals surface area contributed by atoms with Crippen molar-refractivity contribution >= 4 is 16.9 Å². The number of rotatable bonds is 4. The van der Waals surface area contributed by atoms with E-state index < -0.39 is 12.6 Å². The SMILES string of the molecule is CN=C(NCCC(F)(F)F)NCc1cccc2cccnc12. The van der Waals surface area contributed by atoms with Crippen LogP contribution in [0.4, 0.5) is 13.2 Å². The molecule has 0 bridgehead atoms. The zero-order valence-corrected chi connectivity index (χ0v) is 12.1. The van der Waals surface area contributed by atoms with Crippen molar-refractivity contribution in [2.75, 3.05) is 13.6 Å². The standard InChI is InChI=1S/C15H17F3N4/c1-19-14(21-9-7-15(16,17)18)22-10-12-5-2-4-11-6-3-8-20-13(11)12/h2-6,8H,7,9-10H2,1H3,(H2,19,21,22). The second-order valence-electron chi connectivity index (χ2n) is 4.71. The molecule has 7 heteroatoms. The first kappa shape index (κ1) is 16.1. The van der Waals surface area contributed by atoms with E-state index >= 15 is 0 Å². The second kappa shape index (κ2) is 7.11. The number of guanidine groups is 1. The average Bonchev–Trinajstić information content (AvgIpc) is 2.49. The van der Waals surface area contributed by atoms with E-state index in [-0.39, 0.29) is 6.54 Å². The summed E-state index contributed by atoms with van der Waals surface area (Å²) in [5, 5.41) is 6.65. The number of alkyl halides is 3. The molecule has 1 heterocycles. The number of para-hydroxylation sites is 1. The molecule has 0 fully saturated rings. The molecule has 0 amide bonds. The third-order valence-corrected chi connectivity index (χ3v) is 3.09. The van der Waals surface area contributed by atoms with Crippen LogP contribution in [0.2, 0.25) is 0 Å². The number of pyridine rings is 1. The minimum absolute atomic E-state index is 0.211.